The van der Waals surface area contributed by atoms with Gasteiger partial charge in [-0.2, -0.15) is 4.68 Å². The molecular formula is C18H16N4O4. The Kier molecular flexibility index (Phi) is 4.00. The van der Waals surface area contributed by atoms with E-state index >= 15 is 0 Å². The molecule has 1 atom stereocenters. The quantitative estimate of drug-likeness (QED) is 0.762. The van der Waals surface area contributed by atoms with Gasteiger partial charge in [-0.15, -0.1) is 5.10 Å². The second-order valence-electron chi connectivity index (χ2n) is 5.94. The summed E-state index contributed by atoms with van der Waals surface area (Å²) in [5.74, 6) is 1.02. The zero-order valence-corrected chi connectivity index (χ0v) is 14.0. The third-order valence-electron chi connectivity index (χ3n) is 4.24. The van der Waals surface area contributed by atoms with E-state index in [2.05, 4.69) is 15.6 Å². The van der Waals surface area contributed by atoms with Crippen molar-refractivity contribution in [2.24, 2.45) is 0 Å². The van der Waals surface area contributed by atoms with Gasteiger partial charge in [0.25, 0.3) is 5.56 Å². The summed E-state index contributed by atoms with van der Waals surface area (Å²) in [6.45, 7) is 2.11. The number of carbonyl (C=O) groups excluding carboxylic acids is 1. The molecule has 1 aliphatic rings. The average molecular weight is 352 g/mol. The first-order valence-electron chi connectivity index (χ1n) is 8.14. The number of hydrogen-bond donors (Lipinski definition) is 1. The van der Waals surface area contributed by atoms with E-state index in [1.165, 1.54) is 0 Å². The molecule has 0 bridgehead atoms. The van der Waals surface area contributed by atoms with Crippen LogP contribution in [0.25, 0.3) is 10.9 Å². The maximum Gasteiger partial charge on any atom is 0.278 e. The van der Waals surface area contributed by atoms with Crippen LogP contribution in [0.5, 0.6) is 11.5 Å². The summed E-state index contributed by atoms with van der Waals surface area (Å²) in [6, 6.07) is 11.6. The molecule has 1 unspecified atom stereocenters. The van der Waals surface area contributed by atoms with Crippen LogP contribution in [0.1, 0.15) is 18.5 Å². The van der Waals surface area contributed by atoms with Crippen molar-refractivity contribution < 1.29 is 14.3 Å². The second-order valence-corrected chi connectivity index (χ2v) is 5.94. The van der Waals surface area contributed by atoms with Crippen LogP contribution in [0.3, 0.4) is 0 Å². The molecule has 0 radical (unpaired) electrons. The number of carbonyl (C=O) groups is 1. The minimum Gasteiger partial charge on any atom is -0.454 e. The molecule has 2 aromatic carbocycles. The van der Waals surface area contributed by atoms with Crippen molar-refractivity contribution in [1.82, 2.24) is 20.3 Å². The molecule has 26 heavy (non-hydrogen) atoms. The van der Waals surface area contributed by atoms with Crippen molar-refractivity contribution in [3.63, 3.8) is 0 Å². The molecule has 2 heterocycles. The molecule has 8 heteroatoms. The van der Waals surface area contributed by atoms with Crippen LogP contribution in [0.2, 0.25) is 0 Å². The van der Waals surface area contributed by atoms with Crippen LogP contribution in [0, 0.1) is 0 Å². The summed E-state index contributed by atoms with van der Waals surface area (Å²) in [5.41, 5.74) is 1.02. The van der Waals surface area contributed by atoms with Crippen molar-refractivity contribution in [2.75, 3.05) is 6.79 Å². The van der Waals surface area contributed by atoms with Crippen molar-refractivity contribution in [3.8, 4) is 11.5 Å². The Morgan fingerprint density at radius 3 is 2.92 bits per heavy atom. The Morgan fingerprint density at radius 2 is 2.04 bits per heavy atom. The minimum absolute atomic E-state index is 0.200. The lowest BCUT2D eigenvalue weighted by Crippen LogP contribution is -2.37. The van der Waals surface area contributed by atoms with E-state index in [-0.39, 0.29) is 18.3 Å². The molecule has 3 aromatic rings. The highest BCUT2D eigenvalue weighted by Gasteiger charge is 2.19. The highest BCUT2D eigenvalue weighted by atomic mass is 16.7. The zero-order valence-electron chi connectivity index (χ0n) is 14.0. The van der Waals surface area contributed by atoms with Gasteiger partial charge < -0.3 is 14.8 Å². The molecular weight excluding hydrogens is 336 g/mol. The van der Waals surface area contributed by atoms with Crippen molar-refractivity contribution >= 4 is 16.8 Å². The molecule has 8 nitrogen and oxygen atoms in total. The summed E-state index contributed by atoms with van der Waals surface area (Å²) in [7, 11) is 0. The number of benzene rings is 2. The number of hydrogen-bond acceptors (Lipinski definition) is 6. The predicted octanol–water partition coefficient (Wildman–Crippen LogP) is 1.40. The van der Waals surface area contributed by atoms with Gasteiger partial charge in [0, 0.05) is 6.54 Å². The maximum absolute atomic E-state index is 12.5. The molecule has 0 spiro atoms. The van der Waals surface area contributed by atoms with Crippen LogP contribution in [0.4, 0.5) is 0 Å². The number of nitrogens with one attached hydrogen (secondary N) is 1. The van der Waals surface area contributed by atoms with Gasteiger partial charge in [0.15, 0.2) is 11.5 Å². The summed E-state index contributed by atoms with van der Waals surface area (Å²) in [6.07, 6.45) is 0. The number of nitrogens with zero attached hydrogens (tertiary/aromatic N) is 3. The van der Waals surface area contributed by atoms with E-state index in [1.807, 2.05) is 12.1 Å². The van der Waals surface area contributed by atoms with Crippen LogP contribution in [-0.4, -0.2) is 27.7 Å². The third-order valence-corrected chi connectivity index (χ3v) is 4.24. The van der Waals surface area contributed by atoms with E-state index in [0.717, 1.165) is 10.2 Å². The van der Waals surface area contributed by atoms with Crippen LogP contribution in [-0.2, 0) is 11.3 Å². The lowest BCUT2D eigenvalue weighted by Gasteiger charge is -2.14. The monoisotopic (exact) mass is 352 g/mol. The van der Waals surface area contributed by atoms with Crippen LogP contribution in [0.15, 0.2) is 47.3 Å². The van der Waals surface area contributed by atoms with Crippen molar-refractivity contribution in [1.29, 1.82) is 0 Å². The first kappa shape index (κ1) is 16.1. The van der Waals surface area contributed by atoms with Gasteiger partial charge in [0.1, 0.15) is 11.6 Å². The molecule has 0 saturated carbocycles. The van der Waals surface area contributed by atoms with E-state index in [1.54, 1.807) is 37.3 Å². The van der Waals surface area contributed by atoms with Crippen molar-refractivity contribution in [3.05, 3.63) is 58.4 Å². The Balaban J connectivity index is 1.50. The Hall–Kier alpha value is -3.42. The molecule has 1 N–H and O–H groups in total. The summed E-state index contributed by atoms with van der Waals surface area (Å²) in [5, 5.41) is 11.1. The van der Waals surface area contributed by atoms with E-state index in [9.17, 15) is 9.59 Å². The average Bonchev–Trinajstić information content (AvgIpc) is 3.14. The third kappa shape index (κ3) is 2.85. The topological polar surface area (TPSA) is 95.3 Å². The van der Waals surface area contributed by atoms with Crippen molar-refractivity contribution in [2.45, 2.75) is 19.5 Å². The number of rotatable bonds is 4. The molecule has 0 fully saturated rings. The van der Waals surface area contributed by atoms with Crippen LogP contribution < -0.4 is 20.3 Å². The lowest BCUT2D eigenvalue weighted by molar-refractivity contribution is -0.124. The first-order valence-corrected chi connectivity index (χ1v) is 8.14. The molecule has 0 aliphatic carbocycles. The van der Waals surface area contributed by atoms with E-state index < -0.39 is 6.04 Å². The SMILES string of the molecule is CC(C(=O)NCc1ccc2c(c1)OCO2)n1nnc2ccccc2c1=O. The fraction of sp³-hybridized carbons (Fsp3) is 0.222. The highest BCUT2D eigenvalue weighted by Crippen LogP contribution is 2.32. The predicted molar refractivity (Wildman–Crippen MR) is 92.9 cm³/mol. The summed E-state index contributed by atoms with van der Waals surface area (Å²) >= 11 is 0. The Labute approximate surface area is 148 Å². The largest absolute Gasteiger partial charge is 0.454 e. The summed E-state index contributed by atoms with van der Waals surface area (Å²) in [4.78, 5) is 25.0. The minimum atomic E-state index is -0.784. The van der Waals surface area contributed by atoms with E-state index in [4.69, 9.17) is 9.47 Å². The number of amides is 1. The van der Waals surface area contributed by atoms with Gasteiger partial charge in [0.2, 0.25) is 12.7 Å². The molecule has 1 aliphatic heterocycles. The van der Waals surface area contributed by atoms with Gasteiger partial charge in [-0.3, -0.25) is 9.59 Å². The fourth-order valence-corrected chi connectivity index (χ4v) is 2.75. The maximum atomic E-state index is 12.5. The molecule has 1 amide bonds. The first-order chi connectivity index (χ1) is 12.6. The standard InChI is InChI=1S/C18H16N4O4/c1-11(22-18(24)13-4-2-3-5-14(13)20-21-22)17(23)19-9-12-6-7-15-16(8-12)26-10-25-15/h2-8,11H,9-10H2,1H3,(H,19,23). The summed E-state index contributed by atoms with van der Waals surface area (Å²) < 4.78 is 11.7. The molecule has 0 saturated heterocycles. The highest BCUT2D eigenvalue weighted by molar-refractivity contribution is 5.81. The van der Waals surface area contributed by atoms with Gasteiger partial charge in [-0.1, -0.05) is 23.4 Å². The molecule has 132 valence electrons. The zero-order chi connectivity index (χ0) is 18.1. The lowest BCUT2D eigenvalue weighted by atomic mass is 10.2. The Morgan fingerprint density at radius 1 is 1.23 bits per heavy atom. The Bertz CT molecular complexity index is 1050. The van der Waals surface area contributed by atoms with Gasteiger partial charge >= 0.3 is 0 Å². The number of aromatic nitrogens is 3. The fourth-order valence-electron chi connectivity index (χ4n) is 2.75. The molecule has 4 rings (SSSR count). The normalized spacial score (nSPS) is 13.6. The molecule has 1 aromatic heterocycles. The second kappa shape index (κ2) is 6.47. The number of ether oxygens (including phenoxy) is 2. The van der Waals surface area contributed by atoms with Gasteiger partial charge in [-0.05, 0) is 36.8 Å². The number of fused-ring (bicyclic) bond motifs is 2. The van der Waals surface area contributed by atoms with Gasteiger partial charge in [-0.25, -0.2) is 0 Å². The van der Waals surface area contributed by atoms with Crippen LogP contribution >= 0.6 is 0 Å². The van der Waals surface area contributed by atoms with Gasteiger partial charge in [0.05, 0.1) is 5.39 Å². The smallest absolute Gasteiger partial charge is 0.278 e. The van der Waals surface area contributed by atoms with E-state index in [0.29, 0.717) is 28.9 Å².